The van der Waals surface area contributed by atoms with Gasteiger partial charge in [0.05, 0.1) is 28.4 Å². The van der Waals surface area contributed by atoms with Gasteiger partial charge >= 0.3 is 0 Å². The molecule has 0 heterocycles. The summed E-state index contributed by atoms with van der Waals surface area (Å²) in [6.07, 6.45) is -0.573. The van der Waals surface area contributed by atoms with Crippen LogP contribution in [0.4, 0.5) is 0 Å². The Bertz CT molecular complexity index is 1330. The van der Waals surface area contributed by atoms with E-state index in [-0.39, 0.29) is 19.6 Å². The van der Waals surface area contributed by atoms with Crippen molar-refractivity contribution in [2.45, 2.75) is 24.2 Å². The van der Waals surface area contributed by atoms with Crippen LogP contribution in [0.5, 0.6) is 28.7 Å². The Morgan fingerprint density at radius 3 is 1.76 bits per heavy atom. The smallest absolute Gasteiger partial charge is 0.161 e. The fraction of sp³-hybridized carbons (Fsp3) is 0.294. The lowest BCUT2D eigenvalue weighted by Gasteiger charge is -2.34. The third kappa shape index (κ3) is 7.53. The number of aliphatic hydroxyl groups is 2. The van der Waals surface area contributed by atoms with Gasteiger partial charge < -0.3 is 39.2 Å². The third-order valence-electron chi connectivity index (χ3n) is 7.23. The summed E-state index contributed by atoms with van der Waals surface area (Å²) in [7, 11) is 6.38. The summed E-state index contributed by atoms with van der Waals surface area (Å²) in [5.74, 6) is 3.21. The topological polar surface area (TPSA) is 98.6 Å². The molecule has 0 amide bonds. The number of hydrogen-bond donors (Lipinski definition) is 3. The van der Waals surface area contributed by atoms with E-state index in [9.17, 15) is 10.2 Å². The van der Waals surface area contributed by atoms with E-state index in [1.54, 1.807) is 28.4 Å². The molecule has 8 heteroatoms. The second-order valence-corrected chi connectivity index (χ2v) is 9.87. The van der Waals surface area contributed by atoms with Gasteiger partial charge in [0.2, 0.25) is 0 Å². The van der Waals surface area contributed by atoms with Crippen molar-refractivity contribution in [1.29, 1.82) is 0 Å². The van der Waals surface area contributed by atoms with Crippen molar-refractivity contribution in [1.82, 2.24) is 5.32 Å². The molecule has 8 nitrogen and oxygen atoms in total. The van der Waals surface area contributed by atoms with Gasteiger partial charge in [0.15, 0.2) is 11.5 Å². The molecule has 0 bridgehead atoms. The van der Waals surface area contributed by atoms with Crippen LogP contribution in [0.25, 0.3) is 0 Å². The molecule has 0 aromatic heterocycles. The van der Waals surface area contributed by atoms with Crippen molar-refractivity contribution in [3.05, 3.63) is 114 Å². The average molecular weight is 574 g/mol. The highest BCUT2D eigenvalue weighted by Crippen LogP contribution is 2.40. The summed E-state index contributed by atoms with van der Waals surface area (Å²) in [4.78, 5) is 0. The molecule has 42 heavy (non-hydrogen) atoms. The zero-order valence-electron chi connectivity index (χ0n) is 24.4. The quantitative estimate of drug-likeness (QED) is 0.180. The first-order chi connectivity index (χ1) is 20.4. The molecular formula is C34H39NO7. The molecule has 0 saturated carbocycles. The van der Waals surface area contributed by atoms with Crippen LogP contribution in [0, 0.1) is 0 Å². The third-order valence-corrected chi connectivity index (χ3v) is 7.23. The maximum Gasteiger partial charge on any atom is 0.161 e. The Morgan fingerprint density at radius 2 is 1.24 bits per heavy atom. The molecule has 0 radical (unpaired) electrons. The van der Waals surface area contributed by atoms with E-state index in [1.165, 1.54) is 0 Å². The van der Waals surface area contributed by atoms with Crippen molar-refractivity contribution in [2.24, 2.45) is 0 Å². The zero-order chi connectivity index (χ0) is 30.0. The summed E-state index contributed by atoms with van der Waals surface area (Å²) in [5, 5.41) is 26.8. The molecule has 222 valence electrons. The van der Waals surface area contributed by atoms with Crippen LogP contribution in [-0.2, 0) is 5.60 Å². The van der Waals surface area contributed by atoms with Gasteiger partial charge in [0.25, 0.3) is 0 Å². The summed E-state index contributed by atoms with van der Waals surface area (Å²) < 4.78 is 27.5. The Hall–Kier alpha value is -4.24. The minimum absolute atomic E-state index is 0.108. The lowest BCUT2D eigenvalue weighted by Crippen LogP contribution is -2.38. The van der Waals surface area contributed by atoms with Crippen LogP contribution in [0.15, 0.2) is 97.1 Å². The predicted molar refractivity (Wildman–Crippen MR) is 162 cm³/mol. The summed E-state index contributed by atoms with van der Waals surface area (Å²) in [5.41, 5.74) is 0.807. The maximum atomic E-state index is 12.5. The number of benzene rings is 4. The number of rotatable bonds is 15. The molecular weight excluding hydrogens is 534 g/mol. The van der Waals surface area contributed by atoms with E-state index in [0.717, 1.165) is 5.56 Å². The lowest BCUT2D eigenvalue weighted by atomic mass is 9.79. The second-order valence-electron chi connectivity index (χ2n) is 9.87. The summed E-state index contributed by atoms with van der Waals surface area (Å²) in [6.45, 7) is 0.323. The fourth-order valence-electron chi connectivity index (χ4n) is 4.86. The van der Waals surface area contributed by atoms with E-state index in [2.05, 4.69) is 5.32 Å². The van der Waals surface area contributed by atoms with Crippen LogP contribution in [0.3, 0.4) is 0 Å². The van der Waals surface area contributed by atoms with Gasteiger partial charge in [0, 0.05) is 19.0 Å². The standard InChI is InChI=1S/C34H39NO7/c1-38-28-15-11-25(12-16-28)34(37,26-13-17-29(39-2)18-14-26)21-31(24-10-19-32(40-3)33(20-24)41-4)35-22-27(36)23-42-30-8-6-5-7-9-30/h5-20,27,31,35-37H,21-23H2,1-4H3/t27-,31?/m0/s1. The van der Waals surface area contributed by atoms with Crippen LogP contribution in [-0.4, -0.2) is 57.9 Å². The average Bonchev–Trinajstić information content (AvgIpc) is 3.05. The SMILES string of the molecule is COc1ccc(C(O)(CC(NC[C@H](O)COc2ccccc2)c2ccc(OC)c(OC)c2)c2ccc(OC)cc2)cc1. The zero-order valence-corrected chi connectivity index (χ0v) is 24.4. The van der Waals surface area contributed by atoms with Gasteiger partial charge in [-0.1, -0.05) is 48.5 Å². The number of ether oxygens (including phenoxy) is 5. The first-order valence-corrected chi connectivity index (χ1v) is 13.7. The van der Waals surface area contributed by atoms with Gasteiger partial charge in [-0.05, 0) is 65.2 Å². The fourth-order valence-corrected chi connectivity index (χ4v) is 4.86. The largest absolute Gasteiger partial charge is 0.497 e. The van der Waals surface area contributed by atoms with Gasteiger partial charge in [-0.25, -0.2) is 0 Å². The van der Waals surface area contributed by atoms with Gasteiger partial charge in [-0.2, -0.15) is 0 Å². The van der Waals surface area contributed by atoms with Crippen molar-refractivity contribution >= 4 is 0 Å². The van der Waals surface area contributed by atoms with Crippen molar-refractivity contribution < 1.29 is 33.9 Å². The molecule has 1 unspecified atom stereocenters. The number of aliphatic hydroxyl groups excluding tert-OH is 1. The highest BCUT2D eigenvalue weighted by atomic mass is 16.5. The minimum atomic E-state index is -1.42. The molecule has 0 spiro atoms. The lowest BCUT2D eigenvalue weighted by molar-refractivity contribution is 0.0530. The number of nitrogens with one attached hydrogen (secondary N) is 1. The Kier molecular flexibility index (Phi) is 10.7. The van der Waals surface area contributed by atoms with E-state index in [4.69, 9.17) is 23.7 Å². The highest BCUT2D eigenvalue weighted by Gasteiger charge is 2.36. The van der Waals surface area contributed by atoms with Crippen molar-refractivity contribution in [3.63, 3.8) is 0 Å². The first kappa shape index (κ1) is 30.7. The van der Waals surface area contributed by atoms with Gasteiger partial charge in [-0.15, -0.1) is 0 Å². The van der Waals surface area contributed by atoms with Crippen LogP contribution < -0.4 is 29.0 Å². The van der Waals surface area contributed by atoms with Gasteiger partial charge in [0.1, 0.15) is 35.6 Å². The van der Waals surface area contributed by atoms with E-state index < -0.39 is 17.7 Å². The number of hydrogen-bond acceptors (Lipinski definition) is 8. The minimum Gasteiger partial charge on any atom is -0.497 e. The first-order valence-electron chi connectivity index (χ1n) is 13.7. The molecule has 3 N–H and O–H groups in total. The maximum absolute atomic E-state index is 12.5. The van der Waals surface area contributed by atoms with Gasteiger partial charge in [-0.3, -0.25) is 0 Å². The van der Waals surface area contributed by atoms with E-state index in [1.807, 2.05) is 97.1 Å². The van der Waals surface area contributed by atoms with Crippen molar-refractivity contribution in [3.8, 4) is 28.7 Å². The Balaban J connectivity index is 1.67. The molecule has 0 aliphatic heterocycles. The van der Waals surface area contributed by atoms with Crippen molar-refractivity contribution in [2.75, 3.05) is 41.6 Å². The normalized spacial score (nSPS) is 12.7. The molecule has 0 aliphatic carbocycles. The molecule has 0 fully saturated rings. The highest BCUT2D eigenvalue weighted by molar-refractivity contribution is 5.45. The van der Waals surface area contributed by atoms with E-state index in [0.29, 0.717) is 39.9 Å². The van der Waals surface area contributed by atoms with Crippen LogP contribution in [0.2, 0.25) is 0 Å². The monoisotopic (exact) mass is 573 g/mol. The Labute approximate surface area is 247 Å². The Morgan fingerprint density at radius 1 is 0.667 bits per heavy atom. The second kappa shape index (κ2) is 14.6. The molecule has 4 aromatic carbocycles. The summed E-state index contributed by atoms with van der Waals surface area (Å²) in [6, 6.07) is 29.3. The molecule has 0 aliphatic rings. The van der Waals surface area contributed by atoms with Crippen LogP contribution >= 0.6 is 0 Å². The summed E-state index contributed by atoms with van der Waals surface area (Å²) >= 11 is 0. The number of methoxy groups -OCH3 is 4. The molecule has 4 aromatic rings. The number of para-hydroxylation sites is 1. The molecule has 4 rings (SSSR count). The molecule has 2 atom stereocenters. The predicted octanol–water partition coefficient (Wildman–Crippen LogP) is 5.12. The molecule has 0 saturated heterocycles. The van der Waals surface area contributed by atoms with E-state index >= 15 is 0 Å². The van der Waals surface area contributed by atoms with Crippen LogP contribution in [0.1, 0.15) is 29.2 Å².